The van der Waals surface area contributed by atoms with Crippen LogP contribution in [-0.4, -0.2) is 20.2 Å². The molecule has 0 aliphatic heterocycles. The summed E-state index contributed by atoms with van der Waals surface area (Å²) in [4.78, 5) is 13.4. The summed E-state index contributed by atoms with van der Waals surface area (Å²) in [6.45, 7) is 24.7. The number of rotatable bonds is 8. The lowest BCUT2D eigenvalue weighted by Crippen LogP contribution is -2.51. The standard InChI is InChI=1S/C26H48O2Si/c1-12-19(4)14-13-15-21(6)25(28-29(10,11)26(7,8)9)23-22(18(2)3)17-16-20(5)24(23)27/h12,15,18,20,22-23,25H,13-14,16-17H2,1-11H3/b19-12+,21-15+/t20-,22+,23+,25-/m0/s1. The Balaban J connectivity index is 3.33. The summed E-state index contributed by atoms with van der Waals surface area (Å²) in [5.41, 5.74) is 2.68. The minimum atomic E-state index is -2.00. The van der Waals surface area contributed by atoms with E-state index >= 15 is 0 Å². The maximum Gasteiger partial charge on any atom is 0.192 e. The van der Waals surface area contributed by atoms with E-state index in [0.717, 1.165) is 25.7 Å². The Morgan fingerprint density at radius 2 is 1.79 bits per heavy atom. The van der Waals surface area contributed by atoms with Crippen molar-refractivity contribution in [2.24, 2.45) is 23.7 Å². The Kier molecular flexibility index (Phi) is 9.61. The van der Waals surface area contributed by atoms with Gasteiger partial charge in [-0.2, -0.15) is 0 Å². The molecule has 0 aromatic carbocycles. The molecule has 4 atom stereocenters. The number of ketones is 1. The summed E-state index contributed by atoms with van der Waals surface area (Å²) in [7, 11) is -2.00. The second kappa shape index (κ2) is 10.6. The second-order valence-corrected chi connectivity index (χ2v) is 16.0. The molecule has 0 aromatic heterocycles. The summed E-state index contributed by atoms with van der Waals surface area (Å²) >= 11 is 0. The van der Waals surface area contributed by atoms with Crippen molar-refractivity contribution in [3.8, 4) is 0 Å². The quantitative estimate of drug-likeness (QED) is 0.294. The minimum Gasteiger partial charge on any atom is -0.410 e. The highest BCUT2D eigenvalue weighted by molar-refractivity contribution is 6.74. The fraction of sp³-hybridized carbons (Fsp3) is 0.808. The van der Waals surface area contributed by atoms with E-state index in [1.807, 2.05) is 0 Å². The molecule has 1 fully saturated rings. The van der Waals surface area contributed by atoms with E-state index in [2.05, 4.69) is 87.6 Å². The SMILES string of the molecule is C/C=C(\C)CC/C=C(\C)[C@H](O[Si](C)(C)C(C)(C)C)[C@H]1C(=O)[C@@H](C)CC[C@@H]1C(C)C. The Morgan fingerprint density at radius 3 is 2.28 bits per heavy atom. The van der Waals surface area contributed by atoms with E-state index < -0.39 is 8.32 Å². The molecule has 0 N–H and O–H groups in total. The average molecular weight is 421 g/mol. The Hall–Kier alpha value is -0.673. The van der Waals surface area contributed by atoms with Gasteiger partial charge in [-0.15, -0.1) is 0 Å². The van der Waals surface area contributed by atoms with E-state index in [9.17, 15) is 4.79 Å². The van der Waals surface area contributed by atoms with Crippen LogP contribution in [0.15, 0.2) is 23.3 Å². The van der Waals surface area contributed by atoms with Gasteiger partial charge in [-0.25, -0.2) is 0 Å². The van der Waals surface area contributed by atoms with Gasteiger partial charge in [-0.3, -0.25) is 4.79 Å². The zero-order valence-electron chi connectivity index (χ0n) is 21.2. The lowest BCUT2D eigenvalue weighted by Gasteiger charge is -2.46. The zero-order valence-corrected chi connectivity index (χ0v) is 22.2. The van der Waals surface area contributed by atoms with Crippen LogP contribution in [0.1, 0.15) is 88.0 Å². The van der Waals surface area contributed by atoms with Gasteiger partial charge in [0.2, 0.25) is 0 Å². The number of carbonyl (C=O) groups is 1. The molecule has 1 saturated carbocycles. The molecule has 0 bridgehead atoms. The molecule has 0 heterocycles. The summed E-state index contributed by atoms with van der Waals surface area (Å²) in [6.07, 6.45) is 8.70. The molecule has 168 valence electrons. The van der Waals surface area contributed by atoms with Crippen molar-refractivity contribution in [2.45, 2.75) is 112 Å². The maximum absolute atomic E-state index is 13.4. The van der Waals surface area contributed by atoms with Crippen molar-refractivity contribution in [3.63, 3.8) is 0 Å². The highest BCUT2D eigenvalue weighted by Gasteiger charge is 2.47. The van der Waals surface area contributed by atoms with E-state index in [1.165, 1.54) is 11.1 Å². The van der Waals surface area contributed by atoms with Crippen molar-refractivity contribution in [1.82, 2.24) is 0 Å². The molecule has 1 rings (SSSR count). The van der Waals surface area contributed by atoms with Crippen molar-refractivity contribution in [1.29, 1.82) is 0 Å². The first-order valence-electron chi connectivity index (χ1n) is 11.7. The molecule has 0 saturated heterocycles. The van der Waals surface area contributed by atoms with Gasteiger partial charge in [0.05, 0.1) is 6.10 Å². The lowest BCUT2D eigenvalue weighted by atomic mass is 9.66. The van der Waals surface area contributed by atoms with Crippen LogP contribution in [0.4, 0.5) is 0 Å². The first kappa shape index (κ1) is 26.4. The number of hydrogen-bond acceptors (Lipinski definition) is 2. The van der Waals surface area contributed by atoms with Crippen LogP contribution < -0.4 is 0 Å². The third kappa shape index (κ3) is 6.92. The van der Waals surface area contributed by atoms with Gasteiger partial charge in [0.25, 0.3) is 0 Å². The van der Waals surface area contributed by atoms with Gasteiger partial charge in [0, 0.05) is 11.8 Å². The first-order chi connectivity index (χ1) is 13.2. The molecule has 1 aliphatic rings. The van der Waals surface area contributed by atoms with Gasteiger partial charge in [-0.05, 0) is 82.0 Å². The van der Waals surface area contributed by atoms with Crippen LogP contribution in [0, 0.1) is 23.7 Å². The van der Waals surface area contributed by atoms with Crippen LogP contribution in [0.3, 0.4) is 0 Å². The van der Waals surface area contributed by atoms with Crippen LogP contribution in [0.25, 0.3) is 0 Å². The highest BCUT2D eigenvalue weighted by atomic mass is 28.4. The third-order valence-corrected chi connectivity index (χ3v) is 12.0. The molecule has 2 nitrogen and oxygen atoms in total. The first-order valence-corrected chi connectivity index (χ1v) is 14.6. The van der Waals surface area contributed by atoms with Crippen molar-refractivity contribution in [3.05, 3.63) is 23.3 Å². The second-order valence-electron chi connectivity index (χ2n) is 11.2. The maximum atomic E-state index is 13.4. The number of Topliss-reactive ketones (excluding diaryl/α,β-unsaturated/α-hetero) is 1. The largest absolute Gasteiger partial charge is 0.410 e. The van der Waals surface area contributed by atoms with Crippen LogP contribution in [0.2, 0.25) is 18.1 Å². The predicted octanol–water partition coefficient (Wildman–Crippen LogP) is 7.96. The number of carbonyl (C=O) groups excluding carboxylic acids is 1. The molecule has 29 heavy (non-hydrogen) atoms. The smallest absolute Gasteiger partial charge is 0.192 e. The normalized spacial score (nSPS) is 26.2. The Bertz CT molecular complexity index is 607. The zero-order chi connectivity index (χ0) is 22.6. The van der Waals surface area contributed by atoms with Crippen LogP contribution >= 0.6 is 0 Å². The van der Waals surface area contributed by atoms with Crippen molar-refractivity contribution in [2.75, 3.05) is 0 Å². The summed E-state index contributed by atoms with van der Waals surface area (Å²) in [5.74, 6) is 1.48. The Morgan fingerprint density at radius 1 is 1.21 bits per heavy atom. The van der Waals surface area contributed by atoms with Crippen LogP contribution in [0.5, 0.6) is 0 Å². The third-order valence-electron chi connectivity index (χ3n) is 7.57. The molecular formula is C26H48O2Si. The van der Waals surface area contributed by atoms with Crippen molar-refractivity contribution < 1.29 is 9.22 Å². The number of hydrogen-bond donors (Lipinski definition) is 0. The molecular weight excluding hydrogens is 372 g/mol. The van der Waals surface area contributed by atoms with Gasteiger partial charge in [0.1, 0.15) is 5.78 Å². The van der Waals surface area contributed by atoms with Gasteiger partial charge in [-0.1, -0.05) is 59.3 Å². The molecule has 3 heteroatoms. The molecule has 1 aliphatic carbocycles. The average Bonchev–Trinajstić information content (AvgIpc) is 2.60. The van der Waals surface area contributed by atoms with Crippen LogP contribution in [-0.2, 0) is 9.22 Å². The molecule has 0 radical (unpaired) electrons. The lowest BCUT2D eigenvalue weighted by molar-refractivity contribution is -0.135. The number of allylic oxidation sites excluding steroid dienone is 3. The van der Waals surface area contributed by atoms with E-state index in [1.54, 1.807) is 0 Å². The van der Waals surface area contributed by atoms with Gasteiger partial charge < -0.3 is 4.43 Å². The topological polar surface area (TPSA) is 26.3 Å². The fourth-order valence-corrected chi connectivity index (χ4v) is 5.48. The summed E-state index contributed by atoms with van der Waals surface area (Å²) in [5, 5.41) is 0.129. The fourth-order valence-electron chi connectivity index (χ4n) is 4.16. The van der Waals surface area contributed by atoms with Gasteiger partial charge >= 0.3 is 0 Å². The van der Waals surface area contributed by atoms with Crippen molar-refractivity contribution >= 4 is 14.1 Å². The molecule has 0 aromatic rings. The van der Waals surface area contributed by atoms with E-state index in [-0.39, 0.29) is 23.0 Å². The predicted molar refractivity (Wildman–Crippen MR) is 130 cm³/mol. The summed E-state index contributed by atoms with van der Waals surface area (Å²) in [6, 6.07) is 0. The summed E-state index contributed by atoms with van der Waals surface area (Å²) < 4.78 is 7.02. The molecule has 0 spiro atoms. The van der Waals surface area contributed by atoms with E-state index in [0.29, 0.717) is 17.6 Å². The van der Waals surface area contributed by atoms with E-state index in [4.69, 9.17) is 4.43 Å². The minimum absolute atomic E-state index is 0.00746. The molecule has 0 amide bonds. The Labute approximate surface area is 182 Å². The highest BCUT2D eigenvalue weighted by Crippen LogP contribution is 2.44. The molecule has 0 unspecified atom stereocenters. The van der Waals surface area contributed by atoms with Gasteiger partial charge in [0.15, 0.2) is 8.32 Å². The monoisotopic (exact) mass is 420 g/mol.